The van der Waals surface area contributed by atoms with Gasteiger partial charge in [0, 0.05) is 25.2 Å². The molecule has 0 atom stereocenters. The van der Waals surface area contributed by atoms with Crippen molar-refractivity contribution in [3.05, 3.63) is 59.9 Å². The summed E-state index contributed by atoms with van der Waals surface area (Å²) in [6.07, 6.45) is 0.427. The molecular formula is C19H21FN2O4S. The Hall–Kier alpha value is -2.29. The van der Waals surface area contributed by atoms with Crippen molar-refractivity contribution in [3.63, 3.8) is 0 Å². The van der Waals surface area contributed by atoms with Crippen LogP contribution in [0.4, 0.5) is 10.1 Å². The van der Waals surface area contributed by atoms with Gasteiger partial charge < -0.3 is 10.1 Å². The smallest absolute Gasteiger partial charge is 0.243 e. The fourth-order valence-electron chi connectivity index (χ4n) is 2.82. The fourth-order valence-corrected chi connectivity index (χ4v) is 4.23. The Labute approximate surface area is 158 Å². The van der Waals surface area contributed by atoms with E-state index >= 15 is 0 Å². The van der Waals surface area contributed by atoms with E-state index in [4.69, 9.17) is 4.74 Å². The van der Waals surface area contributed by atoms with E-state index in [2.05, 4.69) is 5.32 Å². The maximum atomic E-state index is 13.6. The number of rotatable bonds is 6. The summed E-state index contributed by atoms with van der Waals surface area (Å²) < 4.78 is 45.3. The average Bonchev–Trinajstić information content (AvgIpc) is 2.68. The Bertz CT molecular complexity index is 894. The summed E-state index contributed by atoms with van der Waals surface area (Å²) in [7, 11) is -3.56. The second-order valence-corrected chi connectivity index (χ2v) is 8.12. The van der Waals surface area contributed by atoms with E-state index in [1.165, 1.54) is 22.5 Å². The Morgan fingerprint density at radius 3 is 2.41 bits per heavy atom. The van der Waals surface area contributed by atoms with E-state index < -0.39 is 10.0 Å². The zero-order valence-electron chi connectivity index (χ0n) is 14.7. The van der Waals surface area contributed by atoms with Crippen LogP contribution in [0.5, 0.6) is 0 Å². The second-order valence-electron chi connectivity index (χ2n) is 6.18. The van der Waals surface area contributed by atoms with Crippen LogP contribution in [-0.4, -0.2) is 44.9 Å². The number of nitrogens with one attached hydrogen (secondary N) is 1. The van der Waals surface area contributed by atoms with Crippen molar-refractivity contribution in [2.45, 2.75) is 17.7 Å². The third-order valence-electron chi connectivity index (χ3n) is 4.33. The third kappa shape index (κ3) is 4.91. The number of aryl methyl sites for hydroxylation is 1. The van der Waals surface area contributed by atoms with Gasteiger partial charge in [0.25, 0.3) is 0 Å². The lowest BCUT2D eigenvalue weighted by Crippen LogP contribution is -2.40. The Morgan fingerprint density at radius 2 is 1.74 bits per heavy atom. The highest BCUT2D eigenvalue weighted by Gasteiger charge is 2.26. The number of anilines is 1. The number of amides is 1. The highest BCUT2D eigenvalue weighted by molar-refractivity contribution is 7.89. The number of carbonyl (C=O) groups is 1. The molecule has 0 unspecified atom stereocenters. The Balaban J connectivity index is 1.58. The lowest BCUT2D eigenvalue weighted by atomic mass is 10.1. The maximum absolute atomic E-state index is 13.6. The van der Waals surface area contributed by atoms with Gasteiger partial charge in [-0.05, 0) is 42.3 Å². The molecule has 1 heterocycles. The maximum Gasteiger partial charge on any atom is 0.243 e. The summed E-state index contributed by atoms with van der Waals surface area (Å²) in [6, 6.07) is 12.4. The normalized spacial score (nSPS) is 15.4. The molecule has 8 heteroatoms. The molecule has 27 heavy (non-hydrogen) atoms. The SMILES string of the molecule is O=C(CCc1ccccc1F)Nc1ccc(S(=O)(=O)N2CCOCC2)cc1. The topological polar surface area (TPSA) is 75.7 Å². The zero-order valence-corrected chi connectivity index (χ0v) is 15.5. The lowest BCUT2D eigenvalue weighted by molar-refractivity contribution is -0.116. The van der Waals surface area contributed by atoms with E-state index in [-0.39, 0.29) is 23.0 Å². The van der Waals surface area contributed by atoms with Gasteiger partial charge in [0.05, 0.1) is 18.1 Å². The van der Waals surface area contributed by atoms with Crippen molar-refractivity contribution < 1.29 is 22.3 Å². The van der Waals surface area contributed by atoms with Gasteiger partial charge in [0.2, 0.25) is 15.9 Å². The molecule has 2 aromatic carbocycles. The van der Waals surface area contributed by atoms with Crippen LogP contribution in [0.25, 0.3) is 0 Å². The second kappa shape index (κ2) is 8.60. The average molecular weight is 392 g/mol. The minimum atomic E-state index is -3.56. The minimum absolute atomic E-state index is 0.134. The molecule has 0 aromatic heterocycles. The quantitative estimate of drug-likeness (QED) is 0.819. The Kier molecular flexibility index (Phi) is 6.20. The first-order chi connectivity index (χ1) is 13.0. The molecule has 1 fully saturated rings. The van der Waals surface area contributed by atoms with Crippen molar-refractivity contribution >= 4 is 21.6 Å². The van der Waals surface area contributed by atoms with Gasteiger partial charge in [-0.25, -0.2) is 12.8 Å². The predicted octanol–water partition coefficient (Wildman–Crippen LogP) is 2.42. The van der Waals surface area contributed by atoms with E-state index in [1.54, 1.807) is 30.3 Å². The van der Waals surface area contributed by atoms with Gasteiger partial charge in [-0.15, -0.1) is 0 Å². The third-order valence-corrected chi connectivity index (χ3v) is 6.24. The monoisotopic (exact) mass is 392 g/mol. The van der Waals surface area contributed by atoms with Crippen LogP contribution in [-0.2, 0) is 26.0 Å². The summed E-state index contributed by atoms with van der Waals surface area (Å²) in [5.41, 5.74) is 0.981. The molecule has 1 N–H and O–H groups in total. The van der Waals surface area contributed by atoms with E-state index in [1.807, 2.05) is 0 Å². The highest BCUT2D eigenvalue weighted by atomic mass is 32.2. The molecule has 1 aliphatic rings. The van der Waals surface area contributed by atoms with Crippen LogP contribution in [0.2, 0.25) is 0 Å². The number of hydrogen-bond donors (Lipinski definition) is 1. The number of halogens is 1. The Morgan fingerprint density at radius 1 is 1.07 bits per heavy atom. The molecule has 3 rings (SSSR count). The minimum Gasteiger partial charge on any atom is -0.379 e. The summed E-state index contributed by atoms with van der Waals surface area (Å²) in [4.78, 5) is 12.2. The van der Waals surface area contributed by atoms with Gasteiger partial charge in [-0.3, -0.25) is 4.79 Å². The molecular weight excluding hydrogens is 371 g/mol. The van der Waals surface area contributed by atoms with E-state index in [0.717, 1.165) is 0 Å². The first-order valence-corrected chi connectivity index (χ1v) is 10.1. The number of benzene rings is 2. The van der Waals surface area contributed by atoms with Gasteiger partial charge in [0.1, 0.15) is 5.82 Å². The largest absolute Gasteiger partial charge is 0.379 e. The number of morpholine rings is 1. The molecule has 144 valence electrons. The van der Waals surface area contributed by atoms with Crippen molar-refractivity contribution in [2.24, 2.45) is 0 Å². The lowest BCUT2D eigenvalue weighted by Gasteiger charge is -2.26. The molecule has 0 aliphatic carbocycles. The van der Waals surface area contributed by atoms with Gasteiger partial charge in [-0.1, -0.05) is 18.2 Å². The molecule has 1 amide bonds. The van der Waals surface area contributed by atoms with Gasteiger partial charge >= 0.3 is 0 Å². The first-order valence-electron chi connectivity index (χ1n) is 8.68. The van der Waals surface area contributed by atoms with Gasteiger partial charge in [0.15, 0.2) is 0 Å². The summed E-state index contributed by atoms with van der Waals surface area (Å²) >= 11 is 0. The number of sulfonamides is 1. The molecule has 0 bridgehead atoms. The molecule has 0 spiro atoms. The molecule has 1 saturated heterocycles. The van der Waals surface area contributed by atoms with Crippen LogP contribution in [0.3, 0.4) is 0 Å². The van der Waals surface area contributed by atoms with Crippen LogP contribution < -0.4 is 5.32 Å². The highest BCUT2D eigenvalue weighted by Crippen LogP contribution is 2.19. The predicted molar refractivity (Wildman–Crippen MR) is 99.4 cm³/mol. The number of carbonyl (C=O) groups excluding carboxylic acids is 1. The van der Waals surface area contributed by atoms with Crippen molar-refractivity contribution in [1.82, 2.24) is 4.31 Å². The number of hydrogen-bond acceptors (Lipinski definition) is 4. The van der Waals surface area contributed by atoms with Crippen molar-refractivity contribution in [2.75, 3.05) is 31.6 Å². The van der Waals surface area contributed by atoms with E-state index in [9.17, 15) is 17.6 Å². The number of nitrogens with zero attached hydrogens (tertiary/aromatic N) is 1. The molecule has 2 aromatic rings. The van der Waals surface area contributed by atoms with Crippen LogP contribution >= 0.6 is 0 Å². The molecule has 1 aliphatic heterocycles. The molecule has 0 radical (unpaired) electrons. The van der Waals surface area contributed by atoms with Crippen LogP contribution in [0, 0.1) is 5.82 Å². The van der Waals surface area contributed by atoms with Crippen molar-refractivity contribution in [3.8, 4) is 0 Å². The van der Waals surface area contributed by atoms with Crippen LogP contribution in [0.15, 0.2) is 53.4 Å². The number of ether oxygens (including phenoxy) is 1. The van der Waals surface area contributed by atoms with Crippen molar-refractivity contribution in [1.29, 1.82) is 0 Å². The van der Waals surface area contributed by atoms with Crippen LogP contribution in [0.1, 0.15) is 12.0 Å². The van der Waals surface area contributed by atoms with Gasteiger partial charge in [-0.2, -0.15) is 4.31 Å². The first kappa shape index (κ1) is 19.5. The summed E-state index contributed by atoms with van der Waals surface area (Å²) in [5.74, 6) is -0.593. The molecule has 6 nitrogen and oxygen atoms in total. The summed E-state index contributed by atoms with van der Waals surface area (Å²) in [5, 5.41) is 2.70. The fraction of sp³-hybridized carbons (Fsp3) is 0.316. The summed E-state index contributed by atoms with van der Waals surface area (Å²) in [6.45, 7) is 1.43. The van der Waals surface area contributed by atoms with E-state index in [0.29, 0.717) is 44.0 Å². The standard InChI is InChI=1S/C19H21FN2O4S/c20-18-4-2-1-3-15(18)5-10-19(23)21-16-6-8-17(9-7-16)27(24,25)22-11-13-26-14-12-22/h1-4,6-9H,5,10-14H2,(H,21,23). The zero-order chi connectivity index (χ0) is 19.3. The molecule has 0 saturated carbocycles.